The van der Waals surface area contributed by atoms with Gasteiger partial charge in [-0.25, -0.2) is 0 Å². The van der Waals surface area contributed by atoms with Gasteiger partial charge in [-0.3, -0.25) is 4.79 Å². The number of hydrogen-bond acceptors (Lipinski definition) is 2. The van der Waals surface area contributed by atoms with Crippen molar-refractivity contribution in [2.24, 2.45) is 5.92 Å². The molecule has 0 radical (unpaired) electrons. The van der Waals surface area contributed by atoms with E-state index in [1.807, 2.05) is 0 Å². The van der Waals surface area contributed by atoms with Gasteiger partial charge in [-0.05, 0) is 18.2 Å². The van der Waals surface area contributed by atoms with E-state index in [2.05, 4.69) is 5.32 Å². The summed E-state index contributed by atoms with van der Waals surface area (Å²) < 4.78 is 42.3. The van der Waals surface area contributed by atoms with Gasteiger partial charge in [-0.15, -0.1) is 0 Å². The molecule has 1 aliphatic rings. The lowest BCUT2D eigenvalue weighted by atomic mass is 10.0. The van der Waals surface area contributed by atoms with Crippen molar-refractivity contribution < 1.29 is 22.7 Å². The van der Waals surface area contributed by atoms with Crippen molar-refractivity contribution in [1.29, 1.82) is 0 Å². The summed E-state index contributed by atoms with van der Waals surface area (Å²) in [6, 6.07) is 4.60. The van der Waals surface area contributed by atoms with Gasteiger partial charge in [-0.2, -0.15) is 13.2 Å². The Labute approximate surface area is 102 Å². The SMILES string of the molecule is O=C(CC1COC1)Nc1cccc(C(F)(F)F)c1. The number of anilines is 1. The number of amides is 1. The standard InChI is InChI=1S/C12H12F3NO2/c13-12(14,15)9-2-1-3-10(5-9)16-11(17)4-8-6-18-7-8/h1-3,5,8H,4,6-7H2,(H,16,17). The van der Waals surface area contributed by atoms with E-state index in [1.54, 1.807) is 0 Å². The Morgan fingerprint density at radius 3 is 2.67 bits per heavy atom. The highest BCUT2D eigenvalue weighted by Crippen LogP contribution is 2.30. The van der Waals surface area contributed by atoms with Crippen LogP contribution in [0.3, 0.4) is 0 Å². The molecule has 1 heterocycles. The fourth-order valence-electron chi connectivity index (χ4n) is 1.65. The van der Waals surface area contributed by atoms with E-state index in [1.165, 1.54) is 12.1 Å². The molecule has 1 aromatic carbocycles. The Kier molecular flexibility index (Phi) is 3.56. The average Bonchev–Trinajstić information content (AvgIpc) is 2.23. The van der Waals surface area contributed by atoms with Crippen LogP contribution in [-0.2, 0) is 15.7 Å². The molecule has 1 aliphatic heterocycles. The second-order valence-corrected chi connectivity index (χ2v) is 4.23. The number of nitrogens with one attached hydrogen (secondary N) is 1. The maximum Gasteiger partial charge on any atom is 0.416 e. The first kappa shape index (κ1) is 12.9. The lowest BCUT2D eigenvalue weighted by Crippen LogP contribution is -2.31. The molecule has 2 rings (SSSR count). The molecule has 1 N–H and O–H groups in total. The summed E-state index contributed by atoms with van der Waals surface area (Å²) in [5.41, 5.74) is -0.609. The number of benzene rings is 1. The highest BCUT2D eigenvalue weighted by Gasteiger charge is 2.30. The first-order valence-electron chi connectivity index (χ1n) is 5.50. The molecule has 0 spiro atoms. The summed E-state index contributed by atoms with van der Waals surface area (Å²) in [5, 5.41) is 2.46. The Bertz CT molecular complexity index is 441. The smallest absolute Gasteiger partial charge is 0.381 e. The number of carbonyl (C=O) groups excluding carboxylic acids is 1. The maximum absolute atomic E-state index is 12.4. The molecule has 3 nitrogen and oxygen atoms in total. The minimum Gasteiger partial charge on any atom is -0.381 e. The summed E-state index contributed by atoms with van der Waals surface area (Å²) >= 11 is 0. The minimum absolute atomic E-state index is 0.162. The van der Waals surface area contributed by atoms with Crippen LogP contribution in [0.15, 0.2) is 24.3 Å². The fourth-order valence-corrected chi connectivity index (χ4v) is 1.65. The van der Waals surface area contributed by atoms with Crippen LogP contribution < -0.4 is 5.32 Å². The van der Waals surface area contributed by atoms with Gasteiger partial charge in [0.25, 0.3) is 0 Å². The van der Waals surface area contributed by atoms with Gasteiger partial charge >= 0.3 is 6.18 Å². The molecule has 0 aromatic heterocycles. The predicted octanol–water partition coefficient (Wildman–Crippen LogP) is 2.68. The molecule has 1 aromatic rings. The molecular weight excluding hydrogens is 247 g/mol. The zero-order valence-corrected chi connectivity index (χ0v) is 9.46. The Balaban J connectivity index is 1.98. The molecule has 1 amide bonds. The van der Waals surface area contributed by atoms with Gasteiger partial charge in [0.15, 0.2) is 0 Å². The molecule has 0 unspecified atom stereocenters. The lowest BCUT2D eigenvalue weighted by Gasteiger charge is -2.25. The van der Waals surface area contributed by atoms with Crippen molar-refractivity contribution in [3.05, 3.63) is 29.8 Å². The van der Waals surface area contributed by atoms with Gasteiger partial charge in [0.2, 0.25) is 5.91 Å². The molecule has 6 heteroatoms. The number of carbonyl (C=O) groups is 1. The fraction of sp³-hybridized carbons (Fsp3) is 0.417. The summed E-state index contributed by atoms with van der Waals surface area (Å²) in [6.07, 6.45) is -4.13. The first-order valence-corrected chi connectivity index (χ1v) is 5.50. The second-order valence-electron chi connectivity index (χ2n) is 4.23. The Morgan fingerprint density at radius 2 is 2.11 bits per heavy atom. The molecule has 0 atom stereocenters. The summed E-state index contributed by atoms with van der Waals surface area (Å²) in [5.74, 6) is -0.113. The average molecular weight is 259 g/mol. The van der Waals surface area contributed by atoms with Gasteiger partial charge in [0, 0.05) is 18.0 Å². The topological polar surface area (TPSA) is 38.3 Å². The van der Waals surface area contributed by atoms with E-state index in [-0.39, 0.29) is 23.9 Å². The number of halogens is 3. The van der Waals surface area contributed by atoms with Gasteiger partial charge < -0.3 is 10.1 Å². The van der Waals surface area contributed by atoms with Crippen molar-refractivity contribution in [2.75, 3.05) is 18.5 Å². The number of ether oxygens (including phenoxy) is 1. The van der Waals surface area contributed by atoms with Crippen LogP contribution in [-0.4, -0.2) is 19.1 Å². The molecule has 1 fully saturated rings. The third-order valence-corrected chi connectivity index (χ3v) is 2.65. The summed E-state index contributed by atoms with van der Waals surface area (Å²) in [6.45, 7) is 1.08. The molecule has 98 valence electrons. The molecule has 1 saturated heterocycles. The molecule has 18 heavy (non-hydrogen) atoms. The van der Waals surface area contributed by atoms with Crippen LogP contribution in [0.4, 0.5) is 18.9 Å². The predicted molar refractivity (Wildman–Crippen MR) is 59.0 cm³/mol. The monoisotopic (exact) mass is 259 g/mol. The number of rotatable bonds is 3. The van der Waals surface area contributed by atoms with Crippen molar-refractivity contribution in [1.82, 2.24) is 0 Å². The normalized spacial score (nSPS) is 16.2. The van der Waals surface area contributed by atoms with E-state index >= 15 is 0 Å². The molecular formula is C12H12F3NO2. The van der Waals surface area contributed by atoms with Gasteiger partial charge in [0.05, 0.1) is 18.8 Å². The largest absolute Gasteiger partial charge is 0.416 e. The van der Waals surface area contributed by atoms with Crippen LogP contribution in [0, 0.1) is 5.92 Å². The molecule has 0 bridgehead atoms. The van der Waals surface area contributed by atoms with Crippen LogP contribution in [0.25, 0.3) is 0 Å². The van der Waals surface area contributed by atoms with Gasteiger partial charge in [0.1, 0.15) is 0 Å². The van der Waals surface area contributed by atoms with Crippen LogP contribution in [0.5, 0.6) is 0 Å². The highest BCUT2D eigenvalue weighted by molar-refractivity contribution is 5.91. The Hall–Kier alpha value is -1.56. The highest BCUT2D eigenvalue weighted by atomic mass is 19.4. The van der Waals surface area contributed by atoms with E-state index < -0.39 is 11.7 Å². The summed E-state index contributed by atoms with van der Waals surface area (Å²) in [4.78, 5) is 11.5. The quantitative estimate of drug-likeness (QED) is 0.906. The first-order chi connectivity index (χ1) is 8.45. The summed E-state index contributed by atoms with van der Waals surface area (Å²) in [7, 11) is 0. The van der Waals surface area contributed by atoms with Crippen LogP contribution in [0.1, 0.15) is 12.0 Å². The van der Waals surface area contributed by atoms with E-state index in [4.69, 9.17) is 4.74 Å². The zero-order valence-electron chi connectivity index (χ0n) is 9.46. The van der Waals surface area contributed by atoms with E-state index in [0.29, 0.717) is 13.2 Å². The molecule has 0 saturated carbocycles. The van der Waals surface area contributed by atoms with Gasteiger partial charge in [-0.1, -0.05) is 6.07 Å². The Morgan fingerprint density at radius 1 is 1.39 bits per heavy atom. The lowest BCUT2D eigenvalue weighted by molar-refractivity contribution is -0.137. The number of hydrogen-bond donors (Lipinski definition) is 1. The van der Waals surface area contributed by atoms with Crippen LogP contribution in [0.2, 0.25) is 0 Å². The van der Waals surface area contributed by atoms with Crippen molar-refractivity contribution in [2.45, 2.75) is 12.6 Å². The number of alkyl halides is 3. The zero-order chi connectivity index (χ0) is 13.2. The van der Waals surface area contributed by atoms with E-state index in [0.717, 1.165) is 12.1 Å². The van der Waals surface area contributed by atoms with E-state index in [9.17, 15) is 18.0 Å². The maximum atomic E-state index is 12.4. The third-order valence-electron chi connectivity index (χ3n) is 2.65. The van der Waals surface area contributed by atoms with Crippen molar-refractivity contribution >= 4 is 11.6 Å². The molecule has 0 aliphatic carbocycles. The van der Waals surface area contributed by atoms with Crippen LogP contribution >= 0.6 is 0 Å². The van der Waals surface area contributed by atoms with Crippen molar-refractivity contribution in [3.8, 4) is 0 Å². The van der Waals surface area contributed by atoms with Crippen molar-refractivity contribution in [3.63, 3.8) is 0 Å². The minimum atomic E-state index is -4.40. The third kappa shape index (κ3) is 3.22. The second kappa shape index (κ2) is 4.97.